The van der Waals surface area contributed by atoms with E-state index in [1.807, 2.05) is 0 Å². The normalized spacial score (nSPS) is 22.1. The predicted molar refractivity (Wildman–Crippen MR) is 103 cm³/mol. The van der Waals surface area contributed by atoms with Gasteiger partial charge in [0.25, 0.3) is 5.91 Å². The summed E-state index contributed by atoms with van der Waals surface area (Å²) in [6.45, 7) is 0.906. The molecule has 0 radical (unpaired) electrons. The van der Waals surface area contributed by atoms with Crippen LogP contribution in [0.1, 0.15) is 17.9 Å². The van der Waals surface area contributed by atoms with E-state index >= 15 is 0 Å². The molecule has 0 saturated carbocycles. The molecule has 2 amide bonds. The number of nitrogens with zero attached hydrogens (tertiary/aromatic N) is 1. The second-order valence-corrected chi connectivity index (χ2v) is 9.89. The molecule has 1 fully saturated rings. The first-order chi connectivity index (χ1) is 14.0. The van der Waals surface area contributed by atoms with Gasteiger partial charge >= 0.3 is 11.9 Å². The Bertz CT molecular complexity index is 1030. The summed E-state index contributed by atoms with van der Waals surface area (Å²) in [6.07, 6.45) is 2.10. The molecule has 0 aromatic carbocycles. The smallest absolute Gasteiger partial charge is 0.352 e. The number of furan rings is 1. The van der Waals surface area contributed by atoms with E-state index in [1.165, 1.54) is 37.1 Å². The van der Waals surface area contributed by atoms with Crippen LogP contribution in [0.3, 0.4) is 0 Å². The predicted octanol–water partition coefficient (Wildman–Crippen LogP) is -0.333. The maximum Gasteiger partial charge on any atom is 0.352 e. The highest BCUT2D eigenvalue weighted by Crippen LogP contribution is 2.40. The number of carbonyl (C=O) groups excluding carboxylic acids is 3. The van der Waals surface area contributed by atoms with Gasteiger partial charge in [-0.2, -0.15) is 0 Å². The molecule has 0 bridgehead atoms. The molecule has 2 aliphatic heterocycles. The molecule has 0 aliphatic carbocycles. The van der Waals surface area contributed by atoms with E-state index in [9.17, 15) is 32.7 Å². The van der Waals surface area contributed by atoms with Crippen LogP contribution in [0.25, 0.3) is 0 Å². The minimum atomic E-state index is -3.90. The van der Waals surface area contributed by atoms with Crippen LogP contribution < -0.4 is 5.32 Å². The van der Waals surface area contributed by atoms with Crippen LogP contribution in [0.5, 0.6) is 0 Å². The molecule has 2 N–H and O–H groups in total. The van der Waals surface area contributed by atoms with E-state index < -0.39 is 50.3 Å². The van der Waals surface area contributed by atoms with Gasteiger partial charge in [0.05, 0.1) is 6.26 Å². The second kappa shape index (κ2) is 8.14. The lowest BCUT2D eigenvalue weighted by atomic mass is 10.0. The van der Waals surface area contributed by atoms with Crippen molar-refractivity contribution in [3.8, 4) is 0 Å². The number of amides is 2. The Labute approximate surface area is 175 Å². The van der Waals surface area contributed by atoms with Crippen molar-refractivity contribution in [1.29, 1.82) is 0 Å². The van der Waals surface area contributed by atoms with Gasteiger partial charge < -0.3 is 19.6 Å². The maximum atomic E-state index is 12.7. The number of nitrogens with one attached hydrogen (secondary N) is 1. The summed E-state index contributed by atoms with van der Waals surface area (Å²) in [6, 6.07) is 1.66. The zero-order valence-corrected chi connectivity index (χ0v) is 17.5. The monoisotopic (exact) mass is 458 g/mol. The van der Waals surface area contributed by atoms with Crippen molar-refractivity contribution in [2.75, 3.05) is 18.6 Å². The van der Waals surface area contributed by atoms with Gasteiger partial charge in [-0.3, -0.25) is 19.3 Å². The van der Waals surface area contributed by atoms with Gasteiger partial charge in [-0.25, -0.2) is 13.2 Å². The Morgan fingerprint density at radius 3 is 2.67 bits per heavy atom. The SMILES string of the molecule is CC(=O)OCC1=C(C(=O)O)N2C(=O)C(NC(=O)C(c3ccco3)S(C)(=O)=O)[C@H]2SC1. The number of aliphatic carboxylic acids is 1. The van der Waals surface area contributed by atoms with Gasteiger partial charge in [-0.1, -0.05) is 0 Å². The standard InChI is InChI=1S/C17H18N2O9S2/c1-8(20)28-6-9-7-29-16-11(15(22)19(16)12(9)17(23)24)18-14(21)13(30(2,25)26)10-4-3-5-27-10/h3-5,11,13,16H,6-7H2,1-2H3,(H,18,21)(H,23,24)/t11?,13?,16-/m1/s1. The molecule has 0 spiro atoms. The van der Waals surface area contributed by atoms with Crippen molar-refractivity contribution >= 4 is 45.4 Å². The molecule has 3 atom stereocenters. The summed E-state index contributed by atoms with van der Waals surface area (Å²) in [4.78, 5) is 49.0. The molecule has 1 saturated heterocycles. The fourth-order valence-corrected chi connectivity index (χ4v) is 5.53. The van der Waals surface area contributed by atoms with Crippen molar-refractivity contribution in [1.82, 2.24) is 10.2 Å². The number of carboxylic acids is 1. The summed E-state index contributed by atoms with van der Waals surface area (Å²) in [5.41, 5.74) is -0.0529. The van der Waals surface area contributed by atoms with Crippen LogP contribution in [0.15, 0.2) is 34.1 Å². The van der Waals surface area contributed by atoms with E-state index in [0.29, 0.717) is 0 Å². The highest BCUT2D eigenvalue weighted by Gasteiger charge is 2.55. The number of fused-ring (bicyclic) bond motifs is 1. The van der Waals surface area contributed by atoms with Crippen molar-refractivity contribution in [3.63, 3.8) is 0 Å². The summed E-state index contributed by atoms with van der Waals surface area (Å²) in [7, 11) is -3.90. The van der Waals surface area contributed by atoms with Gasteiger partial charge in [-0.05, 0) is 12.1 Å². The number of carboxylic acid groups (broad SMARTS) is 1. The Kier molecular flexibility index (Phi) is 5.94. The lowest BCUT2D eigenvalue weighted by molar-refractivity contribution is -0.151. The Hall–Kier alpha value is -2.80. The van der Waals surface area contributed by atoms with Gasteiger partial charge in [0.2, 0.25) is 5.91 Å². The van der Waals surface area contributed by atoms with Crippen molar-refractivity contribution < 1.29 is 41.9 Å². The molecular weight excluding hydrogens is 440 g/mol. The summed E-state index contributed by atoms with van der Waals surface area (Å²) >= 11 is 1.17. The number of rotatable bonds is 7. The number of hydrogen-bond donors (Lipinski definition) is 2. The molecule has 162 valence electrons. The number of esters is 1. The molecule has 30 heavy (non-hydrogen) atoms. The molecular formula is C17H18N2O9S2. The highest BCUT2D eigenvalue weighted by atomic mass is 32.2. The zero-order valence-electron chi connectivity index (χ0n) is 15.9. The topological polar surface area (TPSA) is 160 Å². The molecule has 1 aromatic heterocycles. The quantitative estimate of drug-likeness (QED) is 0.409. The third-order valence-corrected chi connectivity index (χ3v) is 7.11. The van der Waals surface area contributed by atoms with Crippen molar-refractivity contribution in [2.45, 2.75) is 23.6 Å². The average molecular weight is 458 g/mol. The van der Waals surface area contributed by atoms with Gasteiger partial charge in [-0.15, -0.1) is 11.8 Å². The van der Waals surface area contributed by atoms with Crippen LogP contribution in [0, 0.1) is 0 Å². The van der Waals surface area contributed by atoms with E-state index in [2.05, 4.69) is 5.32 Å². The Morgan fingerprint density at radius 1 is 1.43 bits per heavy atom. The molecule has 13 heteroatoms. The lowest BCUT2D eigenvalue weighted by Crippen LogP contribution is -2.71. The number of ether oxygens (including phenoxy) is 1. The molecule has 3 heterocycles. The molecule has 1 aromatic rings. The fraction of sp³-hybridized carbons (Fsp3) is 0.412. The third-order valence-electron chi connectivity index (χ3n) is 4.47. The van der Waals surface area contributed by atoms with E-state index in [-0.39, 0.29) is 29.4 Å². The number of β-lactam (4-membered cyclic amide) rings is 1. The van der Waals surface area contributed by atoms with E-state index in [1.54, 1.807) is 0 Å². The number of thioether (sulfide) groups is 1. The Morgan fingerprint density at radius 2 is 2.13 bits per heavy atom. The summed E-state index contributed by atoms with van der Waals surface area (Å²) < 4.78 is 34.1. The van der Waals surface area contributed by atoms with E-state index in [4.69, 9.17) is 9.15 Å². The fourth-order valence-electron chi connectivity index (χ4n) is 3.19. The first kappa shape index (κ1) is 21.9. The first-order valence-corrected chi connectivity index (χ1v) is 11.6. The number of sulfone groups is 1. The minimum Gasteiger partial charge on any atom is -0.477 e. The number of hydrogen-bond acceptors (Lipinski definition) is 9. The maximum absolute atomic E-state index is 12.7. The van der Waals surface area contributed by atoms with E-state index in [0.717, 1.165) is 11.2 Å². The average Bonchev–Trinajstić information content (AvgIpc) is 3.16. The molecule has 2 unspecified atom stereocenters. The largest absolute Gasteiger partial charge is 0.477 e. The van der Waals surface area contributed by atoms with Gasteiger partial charge in [0, 0.05) is 24.5 Å². The van der Waals surface area contributed by atoms with Gasteiger partial charge in [0.1, 0.15) is 29.5 Å². The highest BCUT2D eigenvalue weighted by molar-refractivity contribution is 8.00. The van der Waals surface area contributed by atoms with Crippen LogP contribution in [0.4, 0.5) is 0 Å². The van der Waals surface area contributed by atoms with Crippen LogP contribution in [0.2, 0.25) is 0 Å². The Balaban J connectivity index is 1.80. The molecule has 2 aliphatic rings. The summed E-state index contributed by atoms with van der Waals surface area (Å²) in [5.74, 6) is -3.55. The van der Waals surface area contributed by atoms with Crippen molar-refractivity contribution in [2.24, 2.45) is 0 Å². The summed E-state index contributed by atoms with van der Waals surface area (Å²) in [5, 5.41) is 9.54. The first-order valence-electron chi connectivity index (χ1n) is 8.58. The van der Waals surface area contributed by atoms with Crippen LogP contribution >= 0.6 is 11.8 Å². The van der Waals surface area contributed by atoms with Crippen molar-refractivity contribution in [3.05, 3.63) is 35.4 Å². The van der Waals surface area contributed by atoms with Gasteiger partial charge in [0.15, 0.2) is 15.1 Å². The third kappa shape index (κ3) is 4.07. The lowest BCUT2D eigenvalue weighted by Gasteiger charge is -2.49. The zero-order chi connectivity index (χ0) is 22.2. The van der Waals surface area contributed by atoms with Crippen LogP contribution in [-0.4, -0.2) is 72.2 Å². The van der Waals surface area contributed by atoms with Crippen LogP contribution in [-0.2, 0) is 33.8 Å². The second-order valence-electron chi connectivity index (χ2n) is 6.66. The minimum absolute atomic E-state index is 0.0929. The molecule has 11 nitrogen and oxygen atoms in total. The molecule has 3 rings (SSSR count). The number of carbonyl (C=O) groups is 4.